The zero-order valence-corrected chi connectivity index (χ0v) is 10.4. The Morgan fingerprint density at radius 3 is 2.41 bits per heavy atom. The van der Waals surface area contributed by atoms with E-state index in [9.17, 15) is 9.59 Å². The molecule has 0 aliphatic carbocycles. The Labute approximate surface area is 99.5 Å². The summed E-state index contributed by atoms with van der Waals surface area (Å²) in [6, 6.07) is 0. The minimum Gasteiger partial charge on any atom is -0.292 e. The normalized spacial score (nSPS) is 18.6. The molecule has 0 bridgehead atoms. The topological polar surface area (TPSA) is 64.0 Å². The van der Waals surface area contributed by atoms with Gasteiger partial charge in [-0.05, 0) is 26.3 Å². The predicted octanol–water partition coefficient (Wildman–Crippen LogP) is 0.857. The molecule has 1 aromatic heterocycles. The minimum atomic E-state index is -0.282. The van der Waals surface area contributed by atoms with Crippen molar-refractivity contribution in [3.8, 4) is 0 Å². The first-order valence-corrected chi connectivity index (χ1v) is 5.46. The average molecular weight is 233 g/mol. The molecule has 1 aromatic rings. The van der Waals surface area contributed by atoms with Gasteiger partial charge >= 0.3 is 0 Å². The number of aromatic nitrogens is 2. The lowest BCUT2D eigenvalue weighted by Gasteiger charge is -2.05. The molecule has 17 heavy (non-hydrogen) atoms. The first kappa shape index (κ1) is 11.6. The van der Waals surface area contributed by atoms with E-state index in [1.165, 1.54) is 0 Å². The van der Waals surface area contributed by atoms with E-state index >= 15 is 0 Å². The zero-order chi connectivity index (χ0) is 12.7. The third-order valence-electron chi connectivity index (χ3n) is 3.20. The van der Waals surface area contributed by atoms with E-state index in [0.717, 1.165) is 22.5 Å². The number of nitrogens with one attached hydrogen (secondary N) is 1. The summed E-state index contributed by atoms with van der Waals surface area (Å²) in [5.74, 6) is -0.515. The number of amides is 2. The SMILES string of the molecule is CC(=C1CC(=O)NC1=O)c1c(C)nn(C)c1C. The summed E-state index contributed by atoms with van der Waals surface area (Å²) in [6.07, 6.45) is 0.165. The van der Waals surface area contributed by atoms with Gasteiger partial charge in [-0.1, -0.05) is 0 Å². The van der Waals surface area contributed by atoms with E-state index in [2.05, 4.69) is 10.4 Å². The molecule has 1 N–H and O–H groups in total. The molecule has 90 valence electrons. The van der Waals surface area contributed by atoms with Crippen LogP contribution in [0.25, 0.3) is 5.57 Å². The Morgan fingerprint density at radius 2 is 2.00 bits per heavy atom. The van der Waals surface area contributed by atoms with Gasteiger partial charge in [-0.25, -0.2) is 0 Å². The van der Waals surface area contributed by atoms with Crippen molar-refractivity contribution < 1.29 is 9.59 Å². The van der Waals surface area contributed by atoms with Crippen molar-refractivity contribution >= 4 is 17.4 Å². The molecule has 2 heterocycles. The Kier molecular flexibility index (Phi) is 2.61. The molecule has 0 saturated carbocycles. The molecule has 5 heteroatoms. The fourth-order valence-electron chi connectivity index (χ4n) is 2.26. The van der Waals surface area contributed by atoms with Gasteiger partial charge in [-0.3, -0.25) is 19.6 Å². The first-order valence-electron chi connectivity index (χ1n) is 5.46. The highest BCUT2D eigenvalue weighted by atomic mass is 16.2. The second-order valence-corrected chi connectivity index (χ2v) is 4.33. The summed E-state index contributed by atoms with van der Waals surface area (Å²) >= 11 is 0. The largest absolute Gasteiger partial charge is 0.292 e. The summed E-state index contributed by atoms with van der Waals surface area (Å²) in [7, 11) is 1.86. The van der Waals surface area contributed by atoms with E-state index in [0.29, 0.717) is 5.57 Å². The molecule has 0 atom stereocenters. The third-order valence-corrected chi connectivity index (χ3v) is 3.20. The molecule has 1 saturated heterocycles. The van der Waals surface area contributed by atoms with Crippen molar-refractivity contribution in [1.82, 2.24) is 15.1 Å². The summed E-state index contributed by atoms with van der Waals surface area (Å²) in [4.78, 5) is 22.8. The van der Waals surface area contributed by atoms with Crippen LogP contribution in [0.3, 0.4) is 0 Å². The number of rotatable bonds is 1. The Bertz CT molecular complexity index is 552. The number of allylic oxidation sites excluding steroid dienone is 1. The van der Waals surface area contributed by atoms with Crippen LogP contribution in [0.1, 0.15) is 30.3 Å². The van der Waals surface area contributed by atoms with Crippen molar-refractivity contribution in [1.29, 1.82) is 0 Å². The van der Waals surface area contributed by atoms with Crippen LogP contribution < -0.4 is 5.32 Å². The molecule has 0 spiro atoms. The molecule has 1 fully saturated rings. The lowest BCUT2D eigenvalue weighted by atomic mass is 9.99. The van der Waals surface area contributed by atoms with E-state index in [-0.39, 0.29) is 18.2 Å². The lowest BCUT2D eigenvalue weighted by molar-refractivity contribution is -0.124. The fourth-order valence-corrected chi connectivity index (χ4v) is 2.26. The molecule has 0 unspecified atom stereocenters. The van der Waals surface area contributed by atoms with Gasteiger partial charge in [0.2, 0.25) is 5.91 Å². The van der Waals surface area contributed by atoms with Gasteiger partial charge in [0, 0.05) is 23.9 Å². The van der Waals surface area contributed by atoms with Crippen molar-refractivity contribution in [2.45, 2.75) is 27.2 Å². The average Bonchev–Trinajstić information content (AvgIpc) is 2.68. The lowest BCUT2D eigenvalue weighted by Crippen LogP contribution is -2.19. The summed E-state index contributed by atoms with van der Waals surface area (Å²) in [5, 5.41) is 6.61. The van der Waals surface area contributed by atoms with Crippen LogP contribution in [0.15, 0.2) is 5.57 Å². The molecule has 2 rings (SSSR count). The van der Waals surface area contributed by atoms with E-state index < -0.39 is 0 Å². The van der Waals surface area contributed by atoms with Crippen LogP contribution in [0, 0.1) is 13.8 Å². The van der Waals surface area contributed by atoms with Crippen LogP contribution in [0.5, 0.6) is 0 Å². The Balaban J connectivity index is 2.57. The van der Waals surface area contributed by atoms with Gasteiger partial charge < -0.3 is 0 Å². The van der Waals surface area contributed by atoms with Crippen molar-refractivity contribution in [2.75, 3.05) is 0 Å². The molecule has 0 radical (unpaired) electrons. The fraction of sp³-hybridized carbons (Fsp3) is 0.417. The van der Waals surface area contributed by atoms with Gasteiger partial charge in [0.1, 0.15) is 0 Å². The number of hydrogen-bond donors (Lipinski definition) is 1. The number of imide groups is 1. The maximum Gasteiger partial charge on any atom is 0.254 e. The second-order valence-electron chi connectivity index (χ2n) is 4.33. The molecule has 0 aromatic carbocycles. The van der Waals surface area contributed by atoms with Gasteiger partial charge in [0.15, 0.2) is 0 Å². The number of hydrogen-bond acceptors (Lipinski definition) is 3. The molecule has 5 nitrogen and oxygen atoms in total. The zero-order valence-electron chi connectivity index (χ0n) is 10.4. The van der Waals surface area contributed by atoms with Crippen LogP contribution in [0.4, 0.5) is 0 Å². The quantitative estimate of drug-likeness (QED) is 0.578. The first-order chi connectivity index (χ1) is 7.91. The van der Waals surface area contributed by atoms with E-state index in [1.54, 1.807) is 4.68 Å². The maximum atomic E-state index is 11.6. The predicted molar refractivity (Wildman–Crippen MR) is 63.0 cm³/mol. The highest BCUT2D eigenvalue weighted by molar-refractivity contribution is 6.17. The summed E-state index contributed by atoms with van der Waals surface area (Å²) in [5.41, 5.74) is 4.24. The summed E-state index contributed by atoms with van der Waals surface area (Å²) < 4.78 is 1.78. The molecule has 1 aliphatic rings. The molecule has 2 amide bonds. The van der Waals surface area contributed by atoms with Crippen molar-refractivity contribution in [3.63, 3.8) is 0 Å². The van der Waals surface area contributed by atoms with Crippen LogP contribution in [0.2, 0.25) is 0 Å². The molecule has 1 aliphatic heterocycles. The Hall–Kier alpha value is -1.91. The van der Waals surface area contributed by atoms with Gasteiger partial charge in [0.05, 0.1) is 12.1 Å². The standard InChI is InChI=1S/C12H15N3O2/c1-6(9-5-10(16)13-12(9)17)11-7(2)14-15(4)8(11)3/h5H2,1-4H3,(H,13,16,17). The maximum absolute atomic E-state index is 11.6. The number of carbonyl (C=O) groups is 2. The second kappa shape index (κ2) is 3.84. The third kappa shape index (κ3) is 1.77. The van der Waals surface area contributed by atoms with Gasteiger partial charge in [0.25, 0.3) is 5.91 Å². The van der Waals surface area contributed by atoms with Gasteiger partial charge in [-0.2, -0.15) is 5.10 Å². The number of nitrogens with zero attached hydrogens (tertiary/aromatic N) is 2. The minimum absolute atomic E-state index is 0.165. The van der Waals surface area contributed by atoms with E-state index in [1.807, 2.05) is 27.8 Å². The van der Waals surface area contributed by atoms with Gasteiger partial charge in [-0.15, -0.1) is 0 Å². The van der Waals surface area contributed by atoms with E-state index in [4.69, 9.17) is 0 Å². The molecular weight excluding hydrogens is 218 g/mol. The molecular formula is C12H15N3O2. The van der Waals surface area contributed by atoms with Crippen molar-refractivity contribution in [2.24, 2.45) is 7.05 Å². The van der Waals surface area contributed by atoms with Crippen molar-refractivity contribution in [3.05, 3.63) is 22.5 Å². The monoisotopic (exact) mass is 233 g/mol. The van der Waals surface area contributed by atoms with Crippen LogP contribution in [-0.4, -0.2) is 21.6 Å². The number of aryl methyl sites for hydroxylation is 2. The summed E-state index contributed by atoms with van der Waals surface area (Å²) in [6.45, 7) is 5.72. The van der Waals surface area contributed by atoms with Crippen LogP contribution in [-0.2, 0) is 16.6 Å². The highest BCUT2D eigenvalue weighted by Crippen LogP contribution is 2.27. The Morgan fingerprint density at radius 1 is 1.35 bits per heavy atom. The highest BCUT2D eigenvalue weighted by Gasteiger charge is 2.27. The van der Waals surface area contributed by atoms with Crippen LogP contribution >= 0.6 is 0 Å². The smallest absolute Gasteiger partial charge is 0.254 e. The number of carbonyl (C=O) groups excluding carboxylic acids is 2.